The minimum atomic E-state index is -2.89. The molecule has 0 spiro atoms. The summed E-state index contributed by atoms with van der Waals surface area (Å²) >= 11 is 0. The van der Waals surface area contributed by atoms with Crippen LogP contribution in [0.1, 0.15) is 128 Å². The number of hydrogen-bond donors (Lipinski definition) is 1. The number of nitrogens with one attached hydrogen (secondary N) is 1. The Bertz CT molecular complexity index is 1790. The van der Waals surface area contributed by atoms with Crippen LogP contribution in [0.3, 0.4) is 0 Å². The van der Waals surface area contributed by atoms with Crippen molar-refractivity contribution >= 4 is 27.3 Å². The number of fused-ring (bicyclic) bond motifs is 7. The molecule has 7 aliphatic rings. The fourth-order valence-electron chi connectivity index (χ4n) is 15.3. The highest BCUT2D eigenvalue weighted by Crippen LogP contribution is 2.76. The SMILES string of the molecule is COC(=O)c1ccc(C2=CC[C@]3(C)[C@H]4CC[C@@H]5[C@H]6[C@H](C(C)N7CCCC7=O)CC[C@]6(NCCN6CCS(=O)(=O)CC6)CC[C@@]5(C)[C@]4(C)CC[C@H]3C2(C)C)cc1. The summed E-state index contributed by atoms with van der Waals surface area (Å²) in [6, 6.07) is 8.34. The molecule has 1 unspecified atom stereocenters. The molecule has 1 amide bonds. The van der Waals surface area contributed by atoms with Gasteiger partial charge in [0.2, 0.25) is 5.91 Å². The van der Waals surface area contributed by atoms with Gasteiger partial charge < -0.3 is 19.9 Å². The van der Waals surface area contributed by atoms with E-state index in [0.717, 1.165) is 32.5 Å². The summed E-state index contributed by atoms with van der Waals surface area (Å²) in [7, 11) is -1.45. The summed E-state index contributed by atoms with van der Waals surface area (Å²) < 4.78 is 29.3. The number of esters is 1. The molecule has 304 valence electrons. The van der Waals surface area contributed by atoms with Gasteiger partial charge >= 0.3 is 5.97 Å². The molecule has 2 aliphatic heterocycles. The lowest BCUT2D eigenvalue weighted by Crippen LogP contribution is -2.68. The molecule has 0 bridgehead atoms. The van der Waals surface area contributed by atoms with Crippen molar-refractivity contribution in [3.05, 3.63) is 41.5 Å². The number of hydrogen-bond acceptors (Lipinski definition) is 7. The summed E-state index contributed by atoms with van der Waals surface area (Å²) in [5.41, 5.74) is 3.99. The van der Waals surface area contributed by atoms with Crippen molar-refractivity contribution in [1.29, 1.82) is 0 Å². The number of carbonyl (C=O) groups is 2. The van der Waals surface area contributed by atoms with E-state index >= 15 is 0 Å². The summed E-state index contributed by atoms with van der Waals surface area (Å²) in [6.07, 6.45) is 15.2. The third-order valence-electron chi connectivity index (χ3n) is 18.2. The molecular weight excluding hydrogens is 707 g/mol. The topological polar surface area (TPSA) is 96.0 Å². The average molecular weight is 776 g/mol. The lowest BCUT2D eigenvalue weighted by atomic mass is 9.33. The van der Waals surface area contributed by atoms with Crippen molar-refractivity contribution < 1.29 is 22.7 Å². The number of amides is 1. The fourth-order valence-corrected chi connectivity index (χ4v) is 16.5. The highest BCUT2D eigenvalue weighted by atomic mass is 32.2. The Labute approximate surface area is 331 Å². The van der Waals surface area contributed by atoms with Crippen molar-refractivity contribution in [3.63, 3.8) is 0 Å². The fraction of sp³-hybridized carbons (Fsp3) is 0.783. The molecular formula is C46H69N3O5S. The Morgan fingerprint density at radius 1 is 0.909 bits per heavy atom. The Balaban J connectivity index is 1.08. The van der Waals surface area contributed by atoms with E-state index in [1.807, 2.05) is 12.1 Å². The number of ether oxygens (including phenoxy) is 1. The number of nitrogens with zero attached hydrogens (tertiary/aromatic N) is 2. The number of rotatable bonds is 8. The molecule has 10 atom stereocenters. The molecule has 2 saturated heterocycles. The van der Waals surface area contributed by atoms with E-state index in [4.69, 9.17) is 4.74 Å². The first-order valence-corrected chi connectivity index (χ1v) is 23.7. The van der Waals surface area contributed by atoms with E-state index in [1.54, 1.807) is 0 Å². The predicted molar refractivity (Wildman–Crippen MR) is 219 cm³/mol. The Kier molecular flexibility index (Phi) is 10.0. The maximum Gasteiger partial charge on any atom is 0.337 e. The van der Waals surface area contributed by atoms with E-state index < -0.39 is 9.84 Å². The van der Waals surface area contributed by atoms with Crippen LogP contribution >= 0.6 is 0 Å². The number of likely N-dealkylation sites (tertiary alicyclic amines) is 1. The van der Waals surface area contributed by atoms with Gasteiger partial charge in [0.1, 0.15) is 0 Å². The lowest BCUT2D eigenvalue weighted by molar-refractivity contribution is -0.221. The van der Waals surface area contributed by atoms with Crippen LogP contribution in [0, 0.1) is 51.2 Å². The highest BCUT2D eigenvalue weighted by molar-refractivity contribution is 7.91. The number of methoxy groups -OCH3 is 1. The van der Waals surface area contributed by atoms with Gasteiger partial charge in [-0.25, -0.2) is 13.2 Å². The van der Waals surface area contributed by atoms with Gasteiger partial charge in [-0.1, -0.05) is 52.8 Å². The molecule has 55 heavy (non-hydrogen) atoms. The van der Waals surface area contributed by atoms with E-state index in [0.29, 0.717) is 60.6 Å². The van der Waals surface area contributed by atoms with E-state index in [9.17, 15) is 18.0 Å². The normalized spacial score (nSPS) is 41.4. The molecule has 1 aromatic carbocycles. The minimum absolute atomic E-state index is 0.0112. The molecule has 1 aromatic rings. The smallest absolute Gasteiger partial charge is 0.337 e. The van der Waals surface area contributed by atoms with Crippen LogP contribution in [0.4, 0.5) is 0 Å². The number of sulfone groups is 1. The molecule has 4 saturated carbocycles. The predicted octanol–water partition coefficient (Wildman–Crippen LogP) is 7.63. The molecule has 8 rings (SSSR count). The summed E-state index contributed by atoms with van der Waals surface area (Å²) in [5.74, 6) is 3.48. The van der Waals surface area contributed by atoms with Gasteiger partial charge in [0.25, 0.3) is 0 Å². The zero-order chi connectivity index (χ0) is 39.2. The largest absolute Gasteiger partial charge is 0.465 e. The molecule has 9 heteroatoms. The maximum atomic E-state index is 13.2. The highest BCUT2D eigenvalue weighted by Gasteiger charge is 2.70. The van der Waals surface area contributed by atoms with Crippen LogP contribution in [0.5, 0.6) is 0 Å². The molecule has 6 fully saturated rings. The van der Waals surface area contributed by atoms with Gasteiger partial charge in [-0.15, -0.1) is 0 Å². The van der Waals surface area contributed by atoms with Gasteiger partial charge in [0.05, 0.1) is 24.2 Å². The van der Waals surface area contributed by atoms with Gasteiger partial charge in [-0.2, -0.15) is 0 Å². The van der Waals surface area contributed by atoms with Gasteiger partial charge in [0.15, 0.2) is 9.84 Å². The first kappa shape index (κ1) is 39.6. The second-order valence-corrected chi connectivity index (χ2v) is 22.8. The van der Waals surface area contributed by atoms with Crippen LogP contribution in [0.2, 0.25) is 0 Å². The summed E-state index contributed by atoms with van der Waals surface area (Å²) in [5, 5.41) is 4.26. The lowest BCUT2D eigenvalue weighted by Gasteiger charge is -2.72. The minimum Gasteiger partial charge on any atom is -0.465 e. The third-order valence-corrected chi connectivity index (χ3v) is 19.9. The van der Waals surface area contributed by atoms with Crippen LogP contribution in [0.15, 0.2) is 30.3 Å². The standard InChI is InChI=1S/C46H69N3O5S/c1-31(49-25-8-9-39(49)50)34-16-21-46(47-24-26-48-27-29-55(52,53)30-28-48)23-22-44(5)36(40(34)46)14-15-38-43(4)19-17-35(32-10-12-33(13-11-32)41(51)54-7)42(2,3)37(43)18-20-45(38,44)6/h10-13,17,31,34,36-38,40,47H,8-9,14-16,18-30H2,1-7H3/t31?,34-,36+,37-,38+,40+,43-,44+,45+,46-/m0/s1. The van der Waals surface area contributed by atoms with Crippen LogP contribution in [-0.2, 0) is 19.4 Å². The third kappa shape index (κ3) is 6.20. The van der Waals surface area contributed by atoms with Crippen molar-refractivity contribution in [3.8, 4) is 0 Å². The summed E-state index contributed by atoms with van der Waals surface area (Å²) in [4.78, 5) is 30.0. The first-order valence-electron chi connectivity index (χ1n) is 21.9. The molecule has 0 aromatic heterocycles. The van der Waals surface area contributed by atoms with E-state index in [-0.39, 0.29) is 50.7 Å². The van der Waals surface area contributed by atoms with Gasteiger partial charge in [0, 0.05) is 50.7 Å². The van der Waals surface area contributed by atoms with Crippen molar-refractivity contribution in [1.82, 2.24) is 15.1 Å². The second kappa shape index (κ2) is 14.0. The molecule has 0 radical (unpaired) electrons. The average Bonchev–Trinajstić information content (AvgIpc) is 3.76. The van der Waals surface area contributed by atoms with Crippen molar-refractivity contribution in [2.24, 2.45) is 51.2 Å². The van der Waals surface area contributed by atoms with Crippen LogP contribution < -0.4 is 5.32 Å². The Morgan fingerprint density at radius 2 is 1.64 bits per heavy atom. The van der Waals surface area contributed by atoms with Crippen molar-refractivity contribution in [2.75, 3.05) is 51.3 Å². The maximum absolute atomic E-state index is 13.2. The molecule has 2 heterocycles. The zero-order valence-corrected chi connectivity index (χ0v) is 35.7. The Morgan fingerprint density at radius 3 is 2.31 bits per heavy atom. The number of benzene rings is 1. The van der Waals surface area contributed by atoms with Gasteiger partial charge in [-0.3, -0.25) is 4.79 Å². The molecule has 8 nitrogen and oxygen atoms in total. The monoisotopic (exact) mass is 775 g/mol. The summed E-state index contributed by atoms with van der Waals surface area (Å²) in [6.45, 7) is 19.4. The van der Waals surface area contributed by atoms with Crippen LogP contribution in [-0.4, -0.2) is 93.0 Å². The van der Waals surface area contributed by atoms with E-state index in [2.05, 4.69) is 74.9 Å². The van der Waals surface area contributed by atoms with Crippen LogP contribution in [0.25, 0.3) is 5.57 Å². The first-order chi connectivity index (χ1) is 26.0. The van der Waals surface area contributed by atoms with E-state index in [1.165, 1.54) is 69.6 Å². The second-order valence-electron chi connectivity index (χ2n) is 20.5. The quantitative estimate of drug-likeness (QED) is 0.272. The van der Waals surface area contributed by atoms with Crippen molar-refractivity contribution in [2.45, 2.75) is 124 Å². The molecule has 5 aliphatic carbocycles. The van der Waals surface area contributed by atoms with Gasteiger partial charge in [-0.05, 0) is 146 Å². The Hall–Kier alpha value is -2.23. The molecule has 1 N–H and O–H groups in total. The number of allylic oxidation sites excluding steroid dienone is 2. The number of carbonyl (C=O) groups excluding carboxylic acids is 2. The zero-order valence-electron chi connectivity index (χ0n) is 34.9.